The molecular formula is C14H22ClN. The predicted octanol–water partition coefficient (Wildman–Crippen LogP) is 3.62. The van der Waals surface area contributed by atoms with Crippen LogP contribution >= 0.6 is 11.6 Å². The standard InChI is InChI=1S/C14H22ClN/c1-11-5-6-13(14(2,3)4)9-12(11)7-8-16-10-15/h5-6,9,16H,7-8,10H2,1-4H3. The van der Waals surface area contributed by atoms with Crippen LogP contribution in [0.15, 0.2) is 18.2 Å². The molecule has 0 fully saturated rings. The summed E-state index contributed by atoms with van der Waals surface area (Å²) in [5, 5.41) is 3.15. The Bertz CT molecular complexity index is 339. The molecular weight excluding hydrogens is 218 g/mol. The monoisotopic (exact) mass is 239 g/mol. The normalized spacial score (nSPS) is 11.8. The first-order chi connectivity index (χ1) is 7.45. The third kappa shape index (κ3) is 3.80. The summed E-state index contributed by atoms with van der Waals surface area (Å²) < 4.78 is 0. The van der Waals surface area contributed by atoms with Crippen molar-refractivity contribution in [3.63, 3.8) is 0 Å². The van der Waals surface area contributed by atoms with Crippen LogP contribution in [0.4, 0.5) is 0 Å². The fourth-order valence-electron chi connectivity index (χ4n) is 1.70. The first-order valence-electron chi connectivity index (χ1n) is 5.82. The Morgan fingerprint density at radius 3 is 2.50 bits per heavy atom. The number of aryl methyl sites for hydroxylation is 1. The molecule has 0 atom stereocenters. The van der Waals surface area contributed by atoms with Crippen LogP contribution in [-0.2, 0) is 11.8 Å². The zero-order valence-corrected chi connectivity index (χ0v) is 11.5. The molecule has 0 aliphatic carbocycles. The number of halogens is 1. The molecule has 0 amide bonds. The van der Waals surface area contributed by atoms with E-state index in [4.69, 9.17) is 11.6 Å². The maximum Gasteiger partial charge on any atom is 0.0713 e. The highest BCUT2D eigenvalue weighted by atomic mass is 35.5. The number of hydrogen-bond donors (Lipinski definition) is 1. The van der Waals surface area contributed by atoms with Crippen molar-refractivity contribution in [3.05, 3.63) is 34.9 Å². The van der Waals surface area contributed by atoms with Crippen LogP contribution in [-0.4, -0.2) is 12.5 Å². The van der Waals surface area contributed by atoms with Crippen LogP contribution < -0.4 is 5.32 Å². The maximum atomic E-state index is 5.60. The highest BCUT2D eigenvalue weighted by Crippen LogP contribution is 2.24. The molecule has 0 unspecified atom stereocenters. The molecule has 1 nitrogen and oxygen atoms in total. The minimum Gasteiger partial charge on any atom is -0.304 e. The van der Waals surface area contributed by atoms with Crippen molar-refractivity contribution in [2.75, 3.05) is 12.5 Å². The number of benzene rings is 1. The Kier molecular flexibility index (Phi) is 4.82. The molecule has 0 aliphatic rings. The summed E-state index contributed by atoms with van der Waals surface area (Å²) >= 11 is 5.60. The lowest BCUT2D eigenvalue weighted by Gasteiger charge is -2.21. The molecule has 0 saturated carbocycles. The van der Waals surface area contributed by atoms with Gasteiger partial charge < -0.3 is 5.32 Å². The van der Waals surface area contributed by atoms with Gasteiger partial charge in [0.2, 0.25) is 0 Å². The van der Waals surface area contributed by atoms with E-state index < -0.39 is 0 Å². The fourth-order valence-corrected chi connectivity index (χ4v) is 1.83. The molecule has 0 radical (unpaired) electrons. The minimum absolute atomic E-state index is 0.225. The molecule has 1 N–H and O–H groups in total. The Labute approximate surface area is 104 Å². The van der Waals surface area contributed by atoms with E-state index in [1.165, 1.54) is 16.7 Å². The van der Waals surface area contributed by atoms with Crippen LogP contribution in [0.3, 0.4) is 0 Å². The third-order valence-corrected chi connectivity index (χ3v) is 3.07. The topological polar surface area (TPSA) is 12.0 Å². The molecule has 0 aromatic heterocycles. The van der Waals surface area contributed by atoms with E-state index in [0.29, 0.717) is 6.00 Å². The predicted molar refractivity (Wildman–Crippen MR) is 72.3 cm³/mol. The van der Waals surface area contributed by atoms with Crippen LogP contribution in [0.2, 0.25) is 0 Å². The van der Waals surface area contributed by atoms with Gasteiger partial charge in [-0.05, 0) is 35.4 Å². The summed E-state index contributed by atoms with van der Waals surface area (Å²) in [5.41, 5.74) is 4.41. The van der Waals surface area contributed by atoms with Crippen LogP contribution in [0.1, 0.15) is 37.5 Å². The average Bonchev–Trinajstić information content (AvgIpc) is 2.19. The van der Waals surface area contributed by atoms with E-state index in [0.717, 1.165) is 13.0 Å². The first kappa shape index (κ1) is 13.5. The number of rotatable bonds is 4. The fraction of sp³-hybridized carbons (Fsp3) is 0.571. The van der Waals surface area contributed by atoms with E-state index in [-0.39, 0.29) is 5.41 Å². The summed E-state index contributed by atoms with van der Waals surface area (Å²) in [6, 6.07) is 7.30. The second-order valence-electron chi connectivity index (χ2n) is 5.27. The molecule has 0 spiro atoms. The summed E-state index contributed by atoms with van der Waals surface area (Å²) in [6.45, 7) is 9.86. The van der Waals surface area contributed by atoms with Crippen molar-refractivity contribution in [2.24, 2.45) is 0 Å². The Morgan fingerprint density at radius 1 is 1.25 bits per heavy atom. The van der Waals surface area contributed by atoms with E-state index in [1.807, 2.05) is 0 Å². The molecule has 1 aromatic rings. The quantitative estimate of drug-likeness (QED) is 0.481. The molecule has 0 heterocycles. The van der Waals surface area contributed by atoms with Gasteiger partial charge in [0.15, 0.2) is 0 Å². The highest BCUT2D eigenvalue weighted by Gasteiger charge is 2.14. The van der Waals surface area contributed by atoms with Crippen molar-refractivity contribution in [3.8, 4) is 0 Å². The van der Waals surface area contributed by atoms with Crippen molar-refractivity contribution in [1.29, 1.82) is 0 Å². The number of nitrogens with one attached hydrogen (secondary N) is 1. The molecule has 0 aliphatic heterocycles. The van der Waals surface area contributed by atoms with E-state index in [1.54, 1.807) is 0 Å². The van der Waals surface area contributed by atoms with Gasteiger partial charge in [-0.3, -0.25) is 0 Å². The van der Waals surface area contributed by atoms with Gasteiger partial charge in [0.1, 0.15) is 0 Å². The summed E-state index contributed by atoms with van der Waals surface area (Å²) in [6.07, 6.45) is 1.04. The molecule has 1 rings (SSSR count). The molecule has 0 bridgehead atoms. The molecule has 16 heavy (non-hydrogen) atoms. The minimum atomic E-state index is 0.225. The van der Waals surface area contributed by atoms with Gasteiger partial charge in [-0.25, -0.2) is 0 Å². The van der Waals surface area contributed by atoms with E-state index in [2.05, 4.69) is 51.2 Å². The lowest BCUT2D eigenvalue weighted by molar-refractivity contribution is 0.588. The average molecular weight is 240 g/mol. The van der Waals surface area contributed by atoms with Crippen LogP contribution in [0, 0.1) is 6.92 Å². The van der Waals surface area contributed by atoms with Gasteiger partial charge in [0.25, 0.3) is 0 Å². The highest BCUT2D eigenvalue weighted by molar-refractivity contribution is 6.17. The molecule has 0 saturated heterocycles. The van der Waals surface area contributed by atoms with Crippen LogP contribution in [0.5, 0.6) is 0 Å². The zero-order valence-electron chi connectivity index (χ0n) is 10.7. The molecule has 90 valence electrons. The largest absolute Gasteiger partial charge is 0.304 e. The molecule has 1 aromatic carbocycles. The Morgan fingerprint density at radius 2 is 1.94 bits per heavy atom. The van der Waals surface area contributed by atoms with E-state index >= 15 is 0 Å². The van der Waals surface area contributed by atoms with Crippen molar-refractivity contribution < 1.29 is 0 Å². The Hall–Kier alpha value is -0.530. The van der Waals surface area contributed by atoms with Gasteiger partial charge in [-0.2, -0.15) is 0 Å². The van der Waals surface area contributed by atoms with Crippen LogP contribution in [0.25, 0.3) is 0 Å². The van der Waals surface area contributed by atoms with Gasteiger partial charge in [-0.1, -0.05) is 39.0 Å². The SMILES string of the molecule is Cc1ccc(C(C)(C)C)cc1CCNCCl. The number of hydrogen-bond acceptors (Lipinski definition) is 1. The summed E-state index contributed by atoms with van der Waals surface area (Å²) in [7, 11) is 0. The van der Waals surface area contributed by atoms with Crippen molar-refractivity contribution in [1.82, 2.24) is 5.32 Å². The van der Waals surface area contributed by atoms with E-state index in [9.17, 15) is 0 Å². The van der Waals surface area contributed by atoms with Crippen molar-refractivity contribution >= 4 is 11.6 Å². The number of alkyl halides is 1. The van der Waals surface area contributed by atoms with Gasteiger partial charge >= 0.3 is 0 Å². The van der Waals surface area contributed by atoms with Gasteiger partial charge in [-0.15, -0.1) is 11.6 Å². The lowest BCUT2D eigenvalue weighted by atomic mass is 9.85. The zero-order chi connectivity index (χ0) is 12.2. The third-order valence-electron chi connectivity index (χ3n) is 2.88. The second-order valence-corrected chi connectivity index (χ2v) is 5.54. The first-order valence-corrected chi connectivity index (χ1v) is 6.35. The van der Waals surface area contributed by atoms with Gasteiger partial charge in [0.05, 0.1) is 6.00 Å². The summed E-state index contributed by atoms with van der Waals surface area (Å²) in [4.78, 5) is 0. The summed E-state index contributed by atoms with van der Waals surface area (Å²) in [5.74, 6) is 0. The smallest absolute Gasteiger partial charge is 0.0713 e. The van der Waals surface area contributed by atoms with Gasteiger partial charge in [0, 0.05) is 6.54 Å². The van der Waals surface area contributed by atoms with Crippen molar-refractivity contribution in [2.45, 2.75) is 39.5 Å². The Balaban J connectivity index is 2.83. The molecule has 2 heteroatoms. The lowest BCUT2D eigenvalue weighted by Crippen LogP contribution is -2.16. The maximum absolute atomic E-state index is 5.60. The second kappa shape index (κ2) is 5.70.